The van der Waals surface area contributed by atoms with E-state index in [1.54, 1.807) is 35.3 Å². The molecule has 11 heteroatoms. The second kappa shape index (κ2) is 9.71. The van der Waals surface area contributed by atoms with Crippen LogP contribution in [0, 0.1) is 10.1 Å². The third kappa shape index (κ3) is 4.45. The summed E-state index contributed by atoms with van der Waals surface area (Å²) in [6, 6.07) is 19.4. The van der Waals surface area contributed by atoms with Crippen LogP contribution in [0.3, 0.4) is 0 Å². The predicted molar refractivity (Wildman–Crippen MR) is 137 cm³/mol. The van der Waals surface area contributed by atoms with Crippen molar-refractivity contribution >= 4 is 56.6 Å². The predicted octanol–water partition coefficient (Wildman–Crippen LogP) is 5.37. The maximum absolute atomic E-state index is 13.9. The Morgan fingerprint density at radius 1 is 1.11 bits per heavy atom. The normalized spacial score (nSPS) is 19.3. The van der Waals surface area contributed by atoms with Crippen molar-refractivity contribution < 1.29 is 19.2 Å². The smallest absolute Gasteiger partial charge is 0.416 e. The van der Waals surface area contributed by atoms with Gasteiger partial charge in [0.1, 0.15) is 12.6 Å². The van der Waals surface area contributed by atoms with E-state index in [4.69, 9.17) is 21.4 Å². The Morgan fingerprint density at radius 3 is 2.44 bits per heavy atom. The number of non-ortho nitro benzene ring substituents is 1. The van der Waals surface area contributed by atoms with Crippen molar-refractivity contribution in [3.63, 3.8) is 0 Å². The number of nitrogens with zero attached hydrogens (tertiary/aromatic N) is 4. The zero-order valence-electron chi connectivity index (χ0n) is 18.6. The summed E-state index contributed by atoms with van der Waals surface area (Å²) in [5, 5.41) is 18.2. The van der Waals surface area contributed by atoms with Gasteiger partial charge in [-0.15, -0.1) is 0 Å². The van der Waals surface area contributed by atoms with Crippen molar-refractivity contribution in [2.45, 2.75) is 12.0 Å². The number of hydrogen-bond acceptors (Lipinski definition) is 7. The van der Waals surface area contributed by atoms with Gasteiger partial charge in [-0.25, -0.2) is 9.69 Å². The fourth-order valence-electron chi connectivity index (χ4n) is 4.37. The molecule has 0 saturated carbocycles. The van der Waals surface area contributed by atoms with Crippen LogP contribution < -0.4 is 5.01 Å². The molecule has 5 rings (SSSR count). The van der Waals surface area contributed by atoms with E-state index in [9.17, 15) is 19.7 Å². The van der Waals surface area contributed by atoms with Crippen LogP contribution in [-0.4, -0.2) is 46.7 Å². The molecule has 1 saturated heterocycles. The molecule has 0 N–H and O–H groups in total. The maximum Gasteiger partial charge on any atom is 0.416 e. The Balaban J connectivity index is 1.68. The molecule has 36 heavy (non-hydrogen) atoms. The van der Waals surface area contributed by atoms with Crippen LogP contribution in [0.2, 0.25) is 5.02 Å². The zero-order chi connectivity index (χ0) is 25.4. The van der Waals surface area contributed by atoms with Gasteiger partial charge in [-0.3, -0.25) is 19.9 Å². The fourth-order valence-corrected chi connectivity index (χ4v) is 4.83. The standard InChI is InChI=1S/C25H18BrClN4O5/c26-17-6-10-19(11-7-17)30-23(24(32)29-12-13-36-25(29)33)21(15-4-8-20(9-5-15)31(34)35)22(28-30)16-2-1-3-18(27)14-16/h1-11,14,21,23H,12-13H2/t21-,23-/m0/s1. The number of hydrogen-bond donors (Lipinski definition) is 0. The van der Waals surface area contributed by atoms with Crippen molar-refractivity contribution in [3.8, 4) is 0 Å². The number of cyclic esters (lactones) is 1. The lowest BCUT2D eigenvalue weighted by Gasteiger charge is -2.29. The lowest BCUT2D eigenvalue weighted by atomic mass is 9.84. The van der Waals surface area contributed by atoms with E-state index in [1.165, 1.54) is 12.1 Å². The Hall–Kier alpha value is -3.76. The van der Waals surface area contributed by atoms with E-state index in [0.29, 0.717) is 27.5 Å². The molecule has 3 aromatic carbocycles. The molecule has 0 aromatic heterocycles. The average molecular weight is 570 g/mol. The number of carbonyl (C=O) groups excluding carboxylic acids is 2. The molecule has 9 nitrogen and oxygen atoms in total. The summed E-state index contributed by atoms with van der Waals surface area (Å²) < 4.78 is 5.87. The summed E-state index contributed by atoms with van der Waals surface area (Å²) >= 11 is 9.70. The number of nitro groups is 1. The Labute approximate surface area is 219 Å². The largest absolute Gasteiger partial charge is 0.447 e. The number of ether oxygens (including phenoxy) is 1. The van der Waals surface area contributed by atoms with Gasteiger partial charge in [-0.1, -0.05) is 51.8 Å². The van der Waals surface area contributed by atoms with Gasteiger partial charge >= 0.3 is 6.09 Å². The first-order chi connectivity index (χ1) is 17.3. The summed E-state index contributed by atoms with van der Waals surface area (Å²) in [7, 11) is 0. The Bertz CT molecular complexity index is 1380. The summed E-state index contributed by atoms with van der Waals surface area (Å²) in [5.41, 5.74) is 2.42. The monoisotopic (exact) mass is 568 g/mol. The SMILES string of the molecule is O=C1OCCN1C(=O)[C@@H]1[C@@H](c2ccc([N+](=O)[O-])cc2)C(c2cccc(Cl)c2)=NN1c1ccc(Br)cc1. The number of amides is 2. The molecule has 2 heterocycles. The molecule has 182 valence electrons. The number of hydrazone groups is 1. The van der Waals surface area contributed by atoms with Crippen LogP contribution in [0.1, 0.15) is 17.0 Å². The van der Waals surface area contributed by atoms with Gasteiger partial charge in [0, 0.05) is 21.6 Å². The summed E-state index contributed by atoms with van der Waals surface area (Å²) in [5.74, 6) is -1.14. The lowest BCUT2D eigenvalue weighted by molar-refractivity contribution is -0.384. The van der Waals surface area contributed by atoms with Gasteiger partial charge in [-0.2, -0.15) is 5.10 Å². The molecular formula is C25H18BrClN4O5. The first-order valence-electron chi connectivity index (χ1n) is 11.0. The lowest BCUT2D eigenvalue weighted by Crippen LogP contribution is -2.48. The summed E-state index contributed by atoms with van der Waals surface area (Å²) in [6.45, 7) is 0.238. The molecular weight excluding hydrogens is 552 g/mol. The first kappa shape index (κ1) is 24.0. The van der Waals surface area contributed by atoms with Crippen molar-refractivity contribution in [1.29, 1.82) is 0 Å². The molecule has 1 fully saturated rings. The highest BCUT2D eigenvalue weighted by atomic mass is 79.9. The minimum atomic E-state index is -0.952. The molecule has 2 atom stereocenters. The highest BCUT2D eigenvalue weighted by molar-refractivity contribution is 9.10. The van der Waals surface area contributed by atoms with Gasteiger partial charge < -0.3 is 4.74 Å². The van der Waals surface area contributed by atoms with Crippen LogP contribution in [0.15, 0.2) is 82.4 Å². The molecule has 0 aliphatic carbocycles. The number of anilines is 1. The summed E-state index contributed by atoms with van der Waals surface area (Å²) in [4.78, 5) is 38.1. The number of halogens is 2. The first-order valence-corrected chi connectivity index (χ1v) is 12.1. The fraction of sp³-hybridized carbons (Fsp3) is 0.160. The van der Waals surface area contributed by atoms with Gasteiger partial charge in [0.2, 0.25) is 0 Å². The highest BCUT2D eigenvalue weighted by Crippen LogP contribution is 2.39. The second-order valence-electron chi connectivity index (χ2n) is 8.19. The second-order valence-corrected chi connectivity index (χ2v) is 9.54. The number of nitro benzene ring substituents is 1. The van der Waals surface area contributed by atoms with Crippen molar-refractivity contribution in [2.24, 2.45) is 5.10 Å². The van der Waals surface area contributed by atoms with Crippen LogP contribution in [0.25, 0.3) is 0 Å². The van der Waals surface area contributed by atoms with E-state index in [2.05, 4.69) is 15.9 Å². The van der Waals surface area contributed by atoms with E-state index in [0.717, 1.165) is 9.37 Å². The molecule has 2 aliphatic rings. The van der Waals surface area contributed by atoms with Gasteiger partial charge in [0.05, 0.1) is 28.8 Å². The highest BCUT2D eigenvalue weighted by Gasteiger charge is 2.48. The van der Waals surface area contributed by atoms with Crippen LogP contribution >= 0.6 is 27.5 Å². The molecule has 0 bridgehead atoms. The van der Waals surface area contributed by atoms with Gasteiger partial charge in [0.15, 0.2) is 0 Å². The van der Waals surface area contributed by atoms with Gasteiger partial charge in [0.25, 0.3) is 11.6 Å². The number of carbonyl (C=O) groups is 2. The minimum Gasteiger partial charge on any atom is -0.447 e. The quantitative estimate of drug-likeness (QED) is 0.302. The topological polar surface area (TPSA) is 105 Å². The minimum absolute atomic E-state index is 0.0752. The number of benzene rings is 3. The molecule has 0 unspecified atom stereocenters. The maximum atomic E-state index is 13.9. The van der Waals surface area contributed by atoms with Crippen LogP contribution in [-0.2, 0) is 9.53 Å². The Kier molecular flexibility index (Phi) is 6.46. The van der Waals surface area contributed by atoms with Gasteiger partial charge in [-0.05, 0) is 47.5 Å². The van der Waals surface area contributed by atoms with Crippen molar-refractivity contribution in [2.75, 3.05) is 18.2 Å². The van der Waals surface area contributed by atoms with E-state index >= 15 is 0 Å². The van der Waals surface area contributed by atoms with Crippen LogP contribution in [0.4, 0.5) is 16.2 Å². The number of imide groups is 1. The van der Waals surface area contributed by atoms with Crippen molar-refractivity contribution in [1.82, 2.24) is 4.90 Å². The van der Waals surface area contributed by atoms with E-state index in [1.807, 2.05) is 30.3 Å². The van der Waals surface area contributed by atoms with Crippen molar-refractivity contribution in [3.05, 3.63) is 104 Å². The molecule has 0 radical (unpaired) electrons. The van der Waals surface area contributed by atoms with Crippen LogP contribution in [0.5, 0.6) is 0 Å². The molecule has 0 spiro atoms. The molecule has 2 aliphatic heterocycles. The third-order valence-electron chi connectivity index (χ3n) is 6.04. The molecule has 2 amide bonds. The van der Waals surface area contributed by atoms with E-state index < -0.39 is 28.9 Å². The Morgan fingerprint density at radius 2 is 1.83 bits per heavy atom. The summed E-state index contributed by atoms with van der Waals surface area (Å²) in [6.07, 6.45) is -0.714. The molecule has 3 aromatic rings. The third-order valence-corrected chi connectivity index (χ3v) is 6.81. The average Bonchev–Trinajstić information content (AvgIpc) is 3.48. The zero-order valence-corrected chi connectivity index (χ0v) is 20.9. The number of rotatable bonds is 5. The van der Waals surface area contributed by atoms with E-state index in [-0.39, 0.29) is 18.8 Å².